The van der Waals surface area contributed by atoms with Crippen molar-refractivity contribution in [3.05, 3.63) is 53.6 Å². The third-order valence-electron chi connectivity index (χ3n) is 2.69. The second-order valence-electron chi connectivity index (χ2n) is 3.97. The van der Waals surface area contributed by atoms with Crippen LogP contribution in [-0.4, -0.2) is 18.4 Å². The summed E-state index contributed by atoms with van der Waals surface area (Å²) in [6.07, 6.45) is 1.66. The lowest BCUT2D eigenvalue weighted by Gasteiger charge is -2.02. The molecule has 0 aromatic heterocycles. The average molecular weight is 241 g/mol. The van der Waals surface area contributed by atoms with E-state index in [4.69, 9.17) is 4.74 Å². The zero-order valence-corrected chi connectivity index (χ0v) is 10.4. The highest BCUT2D eigenvalue weighted by atomic mass is 16.5. The quantitative estimate of drug-likeness (QED) is 0.836. The molecule has 0 fully saturated rings. The van der Waals surface area contributed by atoms with Crippen LogP contribution >= 0.6 is 0 Å². The topological polar surface area (TPSA) is 41.8 Å². The van der Waals surface area contributed by atoms with Gasteiger partial charge in [-0.3, -0.25) is 4.99 Å². The van der Waals surface area contributed by atoms with Crippen LogP contribution < -0.4 is 4.74 Å². The molecule has 2 aromatic carbocycles. The van der Waals surface area contributed by atoms with Crippen LogP contribution in [0.4, 0.5) is 5.69 Å². The van der Waals surface area contributed by atoms with E-state index in [1.54, 1.807) is 13.3 Å². The number of hydrogen-bond donors (Lipinski definition) is 1. The van der Waals surface area contributed by atoms with E-state index < -0.39 is 0 Å². The van der Waals surface area contributed by atoms with E-state index in [9.17, 15) is 5.11 Å². The Morgan fingerprint density at radius 2 is 1.83 bits per heavy atom. The van der Waals surface area contributed by atoms with Gasteiger partial charge < -0.3 is 9.84 Å². The largest absolute Gasteiger partial charge is 0.507 e. The summed E-state index contributed by atoms with van der Waals surface area (Å²) in [7, 11) is 1.63. The van der Waals surface area contributed by atoms with Gasteiger partial charge in [-0.25, -0.2) is 0 Å². The summed E-state index contributed by atoms with van der Waals surface area (Å²) in [6, 6.07) is 13.0. The number of nitrogens with zero attached hydrogens (tertiary/aromatic N) is 1. The van der Waals surface area contributed by atoms with Crippen molar-refractivity contribution in [1.82, 2.24) is 0 Å². The summed E-state index contributed by atoms with van der Waals surface area (Å²) < 4.78 is 5.07. The molecule has 1 N–H and O–H groups in total. The van der Waals surface area contributed by atoms with Crippen LogP contribution in [0.3, 0.4) is 0 Å². The normalized spacial score (nSPS) is 10.8. The highest BCUT2D eigenvalue weighted by Gasteiger charge is 2.00. The molecule has 0 aliphatic rings. The number of aliphatic imine (C=N–C) groups is 1. The second-order valence-corrected chi connectivity index (χ2v) is 3.97. The Kier molecular flexibility index (Phi) is 3.63. The minimum absolute atomic E-state index is 0.273. The lowest BCUT2D eigenvalue weighted by atomic mass is 10.1. The first-order valence-electron chi connectivity index (χ1n) is 5.67. The predicted octanol–water partition coefficient (Wildman–Crippen LogP) is 3.46. The average Bonchev–Trinajstić information content (AvgIpc) is 2.41. The van der Waals surface area contributed by atoms with Crippen molar-refractivity contribution in [2.24, 2.45) is 4.99 Å². The van der Waals surface area contributed by atoms with Crippen molar-refractivity contribution in [1.29, 1.82) is 0 Å². The highest BCUT2D eigenvalue weighted by Crippen LogP contribution is 2.21. The number of benzene rings is 2. The maximum atomic E-state index is 9.85. The molecule has 3 heteroatoms. The van der Waals surface area contributed by atoms with Gasteiger partial charge >= 0.3 is 0 Å². The Hall–Kier alpha value is -2.29. The Bertz CT molecular complexity index is 559. The smallest absolute Gasteiger partial charge is 0.127 e. The molecular weight excluding hydrogens is 226 g/mol. The van der Waals surface area contributed by atoms with Gasteiger partial charge in [-0.1, -0.05) is 12.1 Å². The fraction of sp³-hybridized carbons (Fsp3) is 0.133. The molecule has 0 atom stereocenters. The van der Waals surface area contributed by atoms with Gasteiger partial charge in [-0.15, -0.1) is 0 Å². The third kappa shape index (κ3) is 2.69. The number of phenols is 1. The van der Waals surface area contributed by atoms with Gasteiger partial charge in [0.15, 0.2) is 0 Å². The van der Waals surface area contributed by atoms with Crippen LogP contribution in [0.25, 0.3) is 0 Å². The molecule has 3 nitrogen and oxygen atoms in total. The van der Waals surface area contributed by atoms with Crippen molar-refractivity contribution in [3.8, 4) is 11.5 Å². The zero-order chi connectivity index (χ0) is 13.0. The van der Waals surface area contributed by atoms with Crippen LogP contribution in [0, 0.1) is 6.92 Å². The first kappa shape index (κ1) is 12.2. The molecule has 0 aliphatic carbocycles. The van der Waals surface area contributed by atoms with Crippen LogP contribution in [0.1, 0.15) is 11.1 Å². The fourth-order valence-corrected chi connectivity index (χ4v) is 1.60. The third-order valence-corrected chi connectivity index (χ3v) is 2.69. The van der Waals surface area contributed by atoms with Gasteiger partial charge in [0, 0.05) is 11.8 Å². The number of phenolic OH excluding ortho intramolecular Hbond substituents is 1. The highest BCUT2D eigenvalue weighted by molar-refractivity contribution is 5.85. The molecule has 0 radical (unpaired) electrons. The summed E-state index contributed by atoms with van der Waals surface area (Å²) in [5.74, 6) is 1.07. The van der Waals surface area contributed by atoms with Gasteiger partial charge in [0.2, 0.25) is 0 Å². The molecule has 92 valence electrons. The Morgan fingerprint density at radius 1 is 1.11 bits per heavy atom. The summed E-state index contributed by atoms with van der Waals surface area (Å²) in [6.45, 7) is 1.86. The number of para-hydroxylation sites is 1. The minimum atomic E-state index is 0.273. The summed E-state index contributed by atoms with van der Waals surface area (Å²) in [4.78, 5) is 4.31. The van der Waals surface area contributed by atoms with Crippen LogP contribution in [0.5, 0.6) is 11.5 Å². The Balaban J connectivity index is 2.21. The maximum absolute atomic E-state index is 9.85. The molecule has 0 saturated carbocycles. The molecule has 0 aliphatic heterocycles. The van der Waals surface area contributed by atoms with Crippen LogP contribution in [-0.2, 0) is 0 Å². The van der Waals surface area contributed by atoms with Gasteiger partial charge in [0.25, 0.3) is 0 Å². The van der Waals surface area contributed by atoms with E-state index in [1.807, 2.05) is 49.4 Å². The van der Waals surface area contributed by atoms with Gasteiger partial charge in [-0.2, -0.15) is 0 Å². The van der Waals surface area contributed by atoms with Crippen LogP contribution in [0.2, 0.25) is 0 Å². The van der Waals surface area contributed by atoms with Crippen molar-refractivity contribution < 1.29 is 9.84 Å². The second kappa shape index (κ2) is 5.36. The SMILES string of the molecule is COc1ccc(N=Cc2cccc(C)c2O)cc1. The van der Waals surface area contributed by atoms with E-state index in [0.717, 1.165) is 17.0 Å². The lowest BCUT2D eigenvalue weighted by molar-refractivity contribution is 0.415. The van der Waals surface area contributed by atoms with Crippen molar-refractivity contribution >= 4 is 11.9 Å². The molecule has 0 bridgehead atoms. The molecule has 0 spiro atoms. The number of aryl methyl sites for hydroxylation is 1. The van der Waals surface area contributed by atoms with Crippen LogP contribution in [0.15, 0.2) is 47.5 Å². The van der Waals surface area contributed by atoms with Gasteiger partial charge in [-0.05, 0) is 42.8 Å². The van der Waals surface area contributed by atoms with Crippen molar-refractivity contribution in [2.75, 3.05) is 7.11 Å². The number of ether oxygens (including phenoxy) is 1. The molecule has 0 saturated heterocycles. The number of aromatic hydroxyl groups is 1. The standard InChI is InChI=1S/C15H15NO2/c1-11-4-3-5-12(15(11)17)10-16-13-6-8-14(18-2)9-7-13/h3-10,17H,1-2H3. The number of methoxy groups -OCH3 is 1. The van der Waals surface area contributed by atoms with Crippen molar-refractivity contribution in [3.63, 3.8) is 0 Å². The number of rotatable bonds is 3. The molecule has 0 amide bonds. The Labute approximate surface area is 106 Å². The number of hydrogen-bond acceptors (Lipinski definition) is 3. The Morgan fingerprint density at radius 3 is 2.50 bits per heavy atom. The molecule has 18 heavy (non-hydrogen) atoms. The van der Waals surface area contributed by atoms with Gasteiger partial charge in [0.1, 0.15) is 11.5 Å². The molecule has 0 heterocycles. The lowest BCUT2D eigenvalue weighted by Crippen LogP contribution is -1.85. The summed E-state index contributed by atoms with van der Waals surface area (Å²) >= 11 is 0. The first-order valence-corrected chi connectivity index (χ1v) is 5.67. The predicted molar refractivity (Wildman–Crippen MR) is 73.1 cm³/mol. The minimum Gasteiger partial charge on any atom is -0.507 e. The maximum Gasteiger partial charge on any atom is 0.127 e. The molecule has 0 unspecified atom stereocenters. The van der Waals surface area contributed by atoms with E-state index in [2.05, 4.69) is 4.99 Å². The summed E-state index contributed by atoms with van der Waals surface area (Å²) in [5, 5.41) is 9.85. The zero-order valence-electron chi connectivity index (χ0n) is 10.4. The molecule has 2 aromatic rings. The fourth-order valence-electron chi connectivity index (χ4n) is 1.60. The van der Waals surface area contributed by atoms with E-state index >= 15 is 0 Å². The monoisotopic (exact) mass is 241 g/mol. The van der Waals surface area contributed by atoms with Gasteiger partial charge in [0.05, 0.1) is 12.8 Å². The van der Waals surface area contributed by atoms with E-state index in [-0.39, 0.29) is 5.75 Å². The van der Waals surface area contributed by atoms with Crippen molar-refractivity contribution in [2.45, 2.75) is 6.92 Å². The molecular formula is C15H15NO2. The van der Waals surface area contributed by atoms with E-state index in [0.29, 0.717) is 5.56 Å². The first-order chi connectivity index (χ1) is 8.70. The molecule has 2 rings (SSSR count). The summed E-state index contributed by atoms with van der Waals surface area (Å²) in [5.41, 5.74) is 2.37. The van der Waals surface area contributed by atoms with E-state index in [1.165, 1.54) is 0 Å².